The molecule has 0 bridgehead atoms. The zero-order valence-electron chi connectivity index (χ0n) is 11.1. The van der Waals surface area contributed by atoms with Gasteiger partial charge in [-0.15, -0.1) is 0 Å². The van der Waals surface area contributed by atoms with Crippen molar-refractivity contribution in [2.24, 2.45) is 0 Å². The standard InChI is InChI=1S/C14H19NO3/c1-4-13(16)15-14(7-8-14)10-5-6-11(17-2)12(9-10)18-3/h5-6,9H,4,7-8H2,1-3H3,(H,15,16). The molecular formula is C14H19NO3. The van der Waals surface area contributed by atoms with Crippen LogP contribution in [0.2, 0.25) is 0 Å². The SMILES string of the molecule is CCC(=O)NC1(c2ccc(OC)c(OC)c2)CC1. The molecule has 0 unspecified atom stereocenters. The van der Waals surface area contributed by atoms with E-state index >= 15 is 0 Å². The van der Waals surface area contributed by atoms with Gasteiger partial charge in [0.15, 0.2) is 11.5 Å². The number of hydrogen-bond donors (Lipinski definition) is 1. The first-order valence-corrected chi connectivity index (χ1v) is 6.18. The summed E-state index contributed by atoms with van der Waals surface area (Å²) in [4.78, 5) is 11.6. The highest BCUT2D eigenvalue weighted by molar-refractivity contribution is 5.77. The van der Waals surface area contributed by atoms with Crippen molar-refractivity contribution in [2.45, 2.75) is 31.7 Å². The van der Waals surface area contributed by atoms with E-state index < -0.39 is 0 Å². The number of ether oxygens (including phenoxy) is 2. The maximum absolute atomic E-state index is 11.6. The number of carbonyl (C=O) groups is 1. The number of nitrogens with one attached hydrogen (secondary N) is 1. The molecule has 0 radical (unpaired) electrons. The van der Waals surface area contributed by atoms with Crippen LogP contribution in [0.4, 0.5) is 0 Å². The van der Waals surface area contributed by atoms with E-state index in [2.05, 4.69) is 5.32 Å². The number of rotatable bonds is 5. The van der Waals surface area contributed by atoms with E-state index in [1.54, 1.807) is 14.2 Å². The highest BCUT2D eigenvalue weighted by Gasteiger charge is 2.45. The van der Waals surface area contributed by atoms with Crippen LogP contribution >= 0.6 is 0 Å². The number of methoxy groups -OCH3 is 2. The summed E-state index contributed by atoms with van der Waals surface area (Å²) in [5, 5.41) is 3.09. The Morgan fingerprint density at radius 2 is 1.94 bits per heavy atom. The van der Waals surface area contributed by atoms with Gasteiger partial charge in [-0.3, -0.25) is 4.79 Å². The fourth-order valence-electron chi connectivity index (χ4n) is 2.10. The maximum atomic E-state index is 11.6. The molecule has 2 rings (SSSR count). The molecule has 0 saturated heterocycles. The topological polar surface area (TPSA) is 47.6 Å². The number of benzene rings is 1. The van der Waals surface area contributed by atoms with Gasteiger partial charge in [0.2, 0.25) is 5.91 Å². The van der Waals surface area contributed by atoms with Gasteiger partial charge in [-0.2, -0.15) is 0 Å². The lowest BCUT2D eigenvalue weighted by Crippen LogP contribution is -2.34. The van der Waals surface area contributed by atoms with Crippen molar-refractivity contribution in [1.29, 1.82) is 0 Å². The summed E-state index contributed by atoms with van der Waals surface area (Å²) in [7, 11) is 3.23. The average molecular weight is 249 g/mol. The Morgan fingerprint density at radius 3 is 2.44 bits per heavy atom. The second-order valence-electron chi connectivity index (χ2n) is 4.55. The van der Waals surface area contributed by atoms with Crippen LogP contribution in [0.25, 0.3) is 0 Å². The van der Waals surface area contributed by atoms with E-state index in [9.17, 15) is 4.79 Å². The molecule has 1 saturated carbocycles. The minimum atomic E-state index is -0.188. The molecule has 18 heavy (non-hydrogen) atoms. The largest absolute Gasteiger partial charge is 0.493 e. The van der Waals surface area contributed by atoms with Gasteiger partial charge in [-0.1, -0.05) is 13.0 Å². The van der Waals surface area contributed by atoms with Crippen molar-refractivity contribution >= 4 is 5.91 Å². The van der Waals surface area contributed by atoms with Gasteiger partial charge in [0.05, 0.1) is 19.8 Å². The summed E-state index contributed by atoms with van der Waals surface area (Å²) in [6.45, 7) is 1.86. The van der Waals surface area contributed by atoms with E-state index in [1.165, 1.54) is 0 Å². The lowest BCUT2D eigenvalue weighted by molar-refractivity contribution is -0.121. The number of amides is 1. The van der Waals surface area contributed by atoms with Crippen molar-refractivity contribution in [3.8, 4) is 11.5 Å². The Balaban J connectivity index is 2.26. The molecule has 0 aliphatic heterocycles. The van der Waals surface area contributed by atoms with E-state index in [1.807, 2.05) is 25.1 Å². The number of hydrogen-bond acceptors (Lipinski definition) is 3. The van der Waals surface area contributed by atoms with Crippen LogP contribution in [0.1, 0.15) is 31.7 Å². The Hall–Kier alpha value is -1.71. The summed E-state index contributed by atoms with van der Waals surface area (Å²) < 4.78 is 10.5. The zero-order chi connectivity index (χ0) is 13.2. The van der Waals surface area contributed by atoms with E-state index in [-0.39, 0.29) is 11.4 Å². The molecule has 0 heterocycles. The van der Waals surface area contributed by atoms with Crippen molar-refractivity contribution < 1.29 is 14.3 Å². The van der Waals surface area contributed by atoms with Crippen molar-refractivity contribution in [3.63, 3.8) is 0 Å². The summed E-state index contributed by atoms with van der Waals surface area (Å²) >= 11 is 0. The van der Waals surface area contributed by atoms with E-state index in [0.29, 0.717) is 17.9 Å². The molecule has 1 aromatic carbocycles. The van der Waals surface area contributed by atoms with Crippen molar-refractivity contribution in [2.75, 3.05) is 14.2 Å². The quantitative estimate of drug-likeness (QED) is 0.870. The Morgan fingerprint density at radius 1 is 1.28 bits per heavy atom. The summed E-state index contributed by atoms with van der Waals surface area (Å²) in [5.41, 5.74) is 0.897. The molecule has 1 aliphatic rings. The zero-order valence-corrected chi connectivity index (χ0v) is 11.1. The third-order valence-corrected chi connectivity index (χ3v) is 3.39. The Bertz CT molecular complexity index is 452. The van der Waals surface area contributed by atoms with Gasteiger partial charge < -0.3 is 14.8 Å². The Labute approximate surface area is 107 Å². The Kier molecular flexibility index (Phi) is 3.45. The van der Waals surface area contributed by atoms with Crippen LogP contribution in [0.15, 0.2) is 18.2 Å². The van der Waals surface area contributed by atoms with Crippen LogP contribution in [-0.4, -0.2) is 20.1 Å². The minimum Gasteiger partial charge on any atom is -0.493 e. The third-order valence-electron chi connectivity index (χ3n) is 3.39. The highest BCUT2D eigenvalue weighted by Crippen LogP contribution is 2.47. The summed E-state index contributed by atoms with van der Waals surface area (Å²) in [5.74, 6) is 1.49. The summed E-state index contributed by atoms with van der Waals surface area (Å²) in [6.07, 6.45) is 2.47. The second kappa shape index (κ2) is 4.88. The normalized spacial score (nSPS) is 15.9. The first-order chi connectivity index (χ1) is 8.65. The van der Waals surface area contributed by atoms with Crippen molar-refractivity contribution in [3.05, 3.63) is 23.8 Å². The lowest BCUT2D eigenvalue weighted by Gasteiger charge is -2.19. The molecule has 98 valence electrons. The molecule has 0 atom stereocenters. The van der Waals surface area contributed by atoms with Gasteiger partial charge in [0.1, 0.15) is 0 Å². The molecule has 0 aromatic heterocycles. The minimum absolute atomic E-state index is 0.0854. The van der Waals surface area contributed by atoms with Crippen molar-refractivity contribution in [1.82, 2.24) is 5.32 Å². The molecular weight excluding hydrogens is 230 g/mol. The molecule has 1 N–H and O–H groups in total. The first-order valence-electron chi connectivity index (χ1n) is 6.18. The van der Waals surface area contributed by atoms with Gasteiger partial charge >= 0.3 is 0 Å². The van der Waals surface area contributed by atoms with Gasteiger partial charge in [0, 0.05) is 6.42 Å². The van der Waals surface area contributed by atoms with Crippen LogP contribution in [0, 0.1) is 0 Å². The predicted octanol–water partition coefficient (Wildman–Crippen LogP) is 2.22. The predicted molar refractivity (Wildman–Crippen MR) is 68.9 cm³/mol. The fourth-order valence-corrected chi connectivity index (χ4v) is 2.10. The van der Waals surface area contributed by atoms with Gasteiger partial charge in [0.25, 0.3) is 0 Å². The monoisotopic (exact) mass is 249 g/mol. The maximum Gasteiger partial charge on any atom is 0.220 e. The highest BCUT2D eigenvalue weighted by atomic mass is 16.5. The van der Waals surface area contributed by atoms with E-state index in [0.717, 1.165) is 18.4 Å². The van der Waals surface area contributed by atoms with Crippen LogP contribution in [-0.2, 0) is 10.3 Å². The lowest BCUT2D eigenvalue weighted by atomic mass is 10.0. The van der Waals surface area contributed by atoms with Crippen LogP contribution in [0.3, 0.4) is 0 Å². The molecule has 1 aliphatic carbocycles. The smallest absolute Gasteiger partial charge is 0.220 e. The molecule has 1 fully saturated rings. The fraction of sp³-hybridized carbons (Fsp3) is 0.500. The number of carbonyl (C=O) groups excluding carboxylic acids is 1. The summed E-state index contributed by atoms with van der Waals surface area (Å²) in [6, 6.07) is 5.82. The van der Waals surface area contributed by atoms with E-state index in [4.69, 9.17) is 9.47 Å². The second-order valence-corrected chi connectivity index (χ2v) is 4.55. The van der Waals surface area contributed by atoms with Crippen LogP contribution in [0.5, 0.6) is 11.5 Å². The molecule has 1 amide bonds. The van der Waals surface area contributed by atoms with Gasteiger partial charge in [-0.25, -0.2) is 0 Å². The van der Waals surface area contributed by atoms with Crippen LogP contribution < -0.4 is 14.8 Å². The van der Waals surface area contributed by atoms with Gasteiger partial charge in [-0.05, 0) is 30.5 Å². The molecule has 4 nitrogen and oxygen atoms in total. The molecule has 4 heteroatoms. The first kappa shape index (κ1) is 12.7. The average Bonchev–Trinajstić information content (AvgIpc) is 3.18. The molecule has 1 aromatic rings. The third kappa shape index (κ3) is 2.28. The molecule has 0 spiro atoms.